The average molecular weight is 690 g/mol. The number of benzene rings is 6. The first-order valence-corrected chi connectivity index (χ1v) is 18.4. The molecule has 0 aliphatic rings. The van der Waals surface area contributed by atoms with Gasteiger partial charge in [0.15, 0.2) is 0 Å². The second-order valence-electron chi connectivity index (χ2n) is 13.1. The maximum Gasteiger partial charge on any atom is 0.118 e. The molecule has 266 valence electrons. The monoisotopic (exact) mass is 689 g/mol. The normalized spacial score (nSPS) is 11.7. The van der Waals surface area contributed by atoms with Crippen molar-refractivity contribution < 1.29 is 9.47 Å². The average Bonchev–Trinajstić information content (AvgIpc) is 3.23. The third kappa shape index (κ3) is 8.29. The summed E-state index contributed by atoms with van der Waals surface area (Å²) in [5, 5.41) is 11.7. The van der Waals surface area contributed by atoms with Gasteiger partial charge in [0.05, 0.1) is 25.3 Å². The molecule has 0 aliphatic heterocycles. The van der Waals surface area contributed by atoms with Gasteiger partial charge in [-0.05, 0) is 103 Å². The van der Waals surface area contributed by atoms with E-state index in [9.17, 15) is 0 Å². The number of methoxy groups -OCH3 is 2. The van der Waals surface area contributed by atoms with E-state index in [0.717, 1.165) is 56.9 Å². The van der Waals surface area contributed by atoms with Crippen molar-refractivity contribution in [2.45, 2.75) is 30.3 Å². The minimum Gasteiger partial charge on any atom is -0.497 e. The molecule has 0 unspecified atom stereocenters. The van der Waals surface area contributed by atoms with Crippen LogP contribution in [0.2, 0.25) is 0 Å². The summed E-state index contributed by atoms with van der Waals surface area (Å²) in [6.45, 7) is 3.63. The summed E-state index contributed by atoms with van der Waals surface area (Å²) in [5.41, 5.74) is 6.25. The van der Waals surface area contributed by atoms with E-state index in [1.807, 2.05) is 0 Å². The van der Waals surface area contributed by atoms with Crippen LogP contribution in [0.15, 0.2) is 170 Å². The van der Waals surface area contributed by atoms with E-state index in [1.54, 1.807) is 14.2 Å². The fourth-order valence-corrected chi connectivity index (χ4v) is 7.31. The van der Waals surface area contributed by atoms with E-state index < -0.39 is 11.1 Å². The van der Waals surface area contributed by atoms with Gasteiger partial charge in [-0.25, -0.2) is 0 Å². The lowest BCUT2D eigenvalue weighted by atomic mass is 9.77. The van der Waals surface area contributed by atoms with Gasteiger partial charge in [0.1, 0.15) is 11.5 Å². The lowest BCUT2D eigenvalue weighted by Crippen LogP contribution is -2.45. The molecule has 0 radical (unpaired) electrons. The van der Waals surface area contributed by atoms with Crippen molar-refractivity contribution in [1.29, 1.82) is 0 Å². The highest BCUT2D eigenvalue weighted by Crippen LogP contribution is 2.39. The molecular formula is C47H51N3O2. The van der Waals surface area contributed by atoms with Crippen LogP contribution in [0, 0.1) is 0 Å². The molecule has 0 saturated heterocycles. The fourth-order valence-electron chi connectivity index (χ4n) is 7.31. The Morgan fingerprint density at radius 1 is 0.346 bits per heavy atom. The molecule has 0 saturated carbocycles. The summed E-state index contributed by atoms with van der Waals surface area (Å²) in [6.07, 6.45) is 3.12. The molecule has 6 aromatic carbocycles. The van der Waals surface area contributed by atoms with Crippen LogP contribution < -0.4 is 25.4 Å². The van der Waals surface area contributed by atoms with Crippen molar-refractivity contribution in [3.05, 3.63) is 203 Å². The molecule has 0 bridgehead atoms. The Morgan fingerprint density at radius 3 is 0.981 bits per heavy atom. The Kier molecular flexibility index (Phi) is 12.9. The second-order valence-corrected chi connectivity index (χ2v) is 13.1. The smallest absolute Gasteiger partial charge is 0.118 e. The van der Waals surface area contributed by atoms with Crippen LogP contribution >= 0.6 is 0 Å². The zero-order valence-corrected chi connectivity index (χ0v) is 30.4. The molecule has 0 heterocycles. The number of nitrogens with one attached hydrogen (secondary N) is 3. The highest BCUT2D eigenvalue weighted by molar-refractivity contribution is 5.52. The Morgan fingerprint density at radius 2 is 0.635 bits per heavy atom. The van der Waals surface area contributed by atoms with Crippen molar-refractivity contribution in [1.82, 2.24) is 16.0 Å². The minimum absolute atomic E-state index is 0.484. The van der Waals surface area contributed by atoms with E-state index in [1.165, 1.54) is 33.4 Å². The summed E-state index contributed by atoms with van der Waals surface area (Å²) >= 11 is 0. The largest absolute Gasteiger partial charge is 0.497 e. The van der Waals surface area contributed by atoms with Crippen LogP contribution in [0.3, 0.4) is 0 Å². The molecule has 0 aromatic heterocycles. The van der Waals surface area contributed by atoms with Gasteiger partial charge in [-0.1, -0.05) is 146 Å². The molecule has 5 nitrogen and oxygen atoms in total. The molecule has 0 atom stereocenters. The van der Waals surface area contributed by atoms with E-state index in [2.05, 4.69) is 186 Å². The summed E-state index contributed by atoms with van der Waals surface area (Å²) < 4.78 is 11.0. The van der Waals surface area contributed by atoms with Crippen LogP contribution in [0.25, 0.3) is 0 Å². The SMILES string of the molecule is COc1ccc(C(NCCCCNCCCNC(c2ccccc2)(c2ccccc2)c2ccc(OC)cc2)(c2ccccc2)c2ccccc2)cc1. The van der Waals surface area contributed by atoms with Gasteiger partial charge in [0.25, 0.3) is 0 Å². The first kappa shape index (κ1) is 36.6. The van der Waals surface area contributed by atoms with E-state index in [-0.39, 0.29) is 0 Å². The summed E-state index contributed by atoms with van der Waals surface area (Å²) in [7, 11) is 3.42. The Balaban J connectivity index is 1.08. The molecule has 0 fully saturated rings. The van der Waals surface area contributed by atoms with Crippen molar-refractivity contribution in [2.75, 3.05) is 40.4 Å². The van der Waals surface area contributed by atoms with Crippen LogP contribution in [0.1, 0.15) is 52.6 Å². The lowest BCUT2D eigenvalue weighted by molar-refractivity contribution is 0.412. The predicted octanol–water partition coefficient (Wildman–Crippen LogP) is 8.93. The quantitative estimate of drug-likeness (QED) is 0.0586. The van der Waals surface area contributed by atoms with Gasteiger partial charge in [-0.2, -0.15) is 0 Å². The van der Waals surface area contributed by atoms with E-state index in [0.29, 0.717) is 0 Å². The van der Waals surface area contributed by atoms with Crippen molar-refractivity contribution in [3.63, 3.8) is 0 Å². The lowest BCUT2D eigenvalue weighted by Gasteiger charge is -2.37. The van der Waals surface area contributed by atoms with Gasteiger partial charge in [-0.15, -0.1) is 0 Å². The van der Waals surface area contributed by atoms with E-state index in [4.69, 9.17) is 9.47 Å². The number of unbranched alkanes of at least 4 members (excludes halogenated alkanes) is 1. The molecular weight excluding hydrogens is 639 g/mol. The number of hydrogen-bond donors (Lipinski definition) is 3. The third-order valence-corrected chi connectivity index (χ3v) is 9.96. The number of ether oxygens (including phenoxy) is 2. The molecule has 5 heteroatoms. The Bertz CT molecular complexity index is 1660. The predicted molar refractivity (Wildman–Crippen MR) is 214 cm³/mol. The summed E-state index contributed by atoms with van der Waals surface area (Å²) in [6, 6.07) is 60.0. The number of hydrogen-bond acceptors (Lipinski definition) is 5. The van der Waals surface area contributed by atoms with Gasteiger partial charge >= 0.3 is 0 Å². The van der Waals surface area contributed by atoms with Crippen molar-refractivity contribution in [3.8, 4) is 11.5 Å². The molecule has 6 aromatic rings. The van der Waals surface area contributed by atoms with Crippen molar-refractivity contribution >= 4 is 0 Å². The Labute approximate surface area is 310 Å². The Hall–Kier alpha value is -5.20. The minimum atomic E-state index is -0.492. The second kappa shape index (κ2) is 18.3. The molecule has 0 spiro atoms. The van der Waals surface area contributed by atoms with Gasteiger partial charge in [0, 0.05) is 0 Å². The van der Waals surface area contributed by atoms with Crippen LogP contribution in [0.4, 0.5) is 0 Å². The van der Waals surface area contributed by atoms with Crippen LogP contribution in [-0.4, -0.2) is 40.4 Å². The molecule has 6 rings (SSSR count). The number of rotatable bonds is 19. The van der Waals surface area contributed by atoms with Gasteiger partial charge in [0.2, 0.25) is 0 Å². The standard InChI is InChI=1S/C47H51N3O2/c1-51-44-30-26-42(27-31-44)46(38-18-7-3-8-19-38,39-20-9-4-10-21-39)49-36-16-15-34-48-35-17-37-50-47(40-22-11-5-12-23-40,41-24-13-6-14-25-41)43-28-32-45(52-2)33-29-43/h3-14,18-33,48-50H,15-17,34-37H2,1-2H3. The highest BCUT2D eigenvalue weighted by atomic mass is 16.5. The molecule has 0 amide bonds. The zero-order chi connectivity index (χ0) is 35.9. The summed E-state index contributed by atoms with van der Waals surface area (Å²) in [4.78, 5) is 0. The first-order valence-electron chi connectivity index (χ1n) is 18.4. The van der Waals surface area contributed by atoms with Crippen molar-refractivity contribution in [2.24, 2.45) is 0 Å². The molecule has 0 aliphatic carbocycles. The molecule has 52 heavy (non-hydrogen) atoms. The molecule has 3 N–H and O–H groups in total. The van der Waals surface area contributed by atoms with Gasteiger partial charge < -0.3 is 14.8 Å². The first-order chi connectivity index (χ1) is 25.7. The maximum atomic E-state index is 5.50. The highest BCUT2D eigenvalue weighted by Gasteiger charge is 2.37. The summed E-state index contributed by atoms with van der Waals surface area (Å²) in [5.74, 6) is 1.70. The maximum absolute atomic E-state index is 5.50. The fraction of sp³-hybridized carbons (Fsp3) is 0.234. The topological polar surface area (TPSA) is 54.5 Å². The van der Waals surface area contributed by atoms with Gasteiger partial charge in [-0.3, -0.25) is 10.6 Å². The third-order valence-electron chi connectivity index (χ3n) is 9.96. The van der Waals surface area contributed by atoms with Crippen LogP contribution in [-0.2, 0) is 11.1 Å². The van der Waals surface area contributed by atoms with Crippen LogP contribution in [0.5, 0.6) is 11.5 Å². The van der Waals surface area contributed by atoms with E-state index >= 15 is 0 Å². The zero-order valence-electron chi connectivity index (χ0n) is 30.4.